The van der Waals surface area contributed by atoms with Gasteiger partial charge in [0.05, 0.1) is 6.61 Å². The lowest BCUT2D eigenvalue weighted by Crippen LogP contribution is -2.40. The molecule has 1 aliphatic carbocycles. The molecule has 0 aromatic rings. The summed E-state index contributed by atoms with van der Waals surface area (Å²) >= 11 is 0. The molecule has 0 atom stereocenters. The van der Waals surface area contributed by atoms with E-state index in [-0.39, 0.29) is 5.41 Å². The standard InChI is InChI=1S/C13H27NO2/c1-2-9-16-10-8-14-11-13(12-15)6-4-3-5-7-13/h14-15H,2-12H2,1H3. The molecule has 0 heterocycles. The van der Waals surface area contributed by atoms with Gasteiger partial charge in [-0.3, -0.25) is 0 Å². The van der Waals surface area contributed by atoms with Crippen LogP contribution in [0.1, 0.15) is 45.4 Å². The van der Waals surface area contributed by atoms with Crippen molar-refractivity contribution in [1.29, 1.82) is 0 Å². The van der Waals surface area contributed by atoms with Crippen LogP contribution in [-0.4, -0.2) is 38.0 Å². The molecule has 0 spiro atoms. The van der Waals surface area contributed by atoms with Crippen molar-refractivity contribution < 1.29 is 9.84 Å². The summed E-state index contributed by atoms with van der Waals surface area (Å²) in [5, 5.41) is 12.9. The lowest BCUT2D eigenvalue weighted by Gasteiger charge is -2.35. The zero-order valence-electron chi connectivity index (χ0n) is 10.6. The first-order chi connectivity index (χ1) is 7.83. The molecule has 0 aliphatic heterocycles. The Morgan fingerprint density at radius 3 is 2.56 bits per heavy atom. The van der Waals surface area contributed by atoms with E-state index < -0.39 is 0 Å². The molecule has 1 rings (SSSR count). The highest BCUT2D eigenvalue weighted by Crippen LogP contribution is 2.34. The minimum atomic E-state index is 0.156. The highest BCUT2D eigenvalue weighted by atomic mass is 16.5. The lowest BCUT2D eigenvalue weighted by atomic mass is 9.74. The Hall–Kier alpha value is -0.120. The van der Waals surface area contributed by atoms with E-state index in [0.29, 0.717) is 6.61 Å². The Kier molecular flexibility index (Phi) is 7.01. The van der Waals surface area contributed by atoms with Crippen LogP contribution >= 0.6 is 0 Å². The maximum Gasteiger partial charge on any atom is 0.0590 e. The fourth-order valence-corrected chi connectivity index (χ4v) is 2.44. The van der Waals surface area contributed by atoms with Gasteiger partial charge in [-0.2, -0.15) is 0 Å². The van der Waals surface area contributed by atoms with Crippen LogP contribution in [0.3, 0.4) is 0 Å². The van der Waals surface area contributed by atoms with Gasteiger partial charge < -0.3 is 15.2 Å². The topological polar surface area (TPSA) is 41.5 Å². The van der Waals surface area contributed by atoms with Crippen molar-refractivity contribution in [2.24, 2.45) is 5.41 Å². The predicted molar refractivity (Wildman–Crippen MR) is 66.6 cm³/mol. The van der Waals surface area contributed by atoms with Gasteiger partial charge in [0.15, 0.2) is 0 Å². The molecule has 3 heteroatoms. The number of aliphatic hydroxyl groups excluding tert-OH is 1. The van der Waals surface area contributed by atoms with Gasteiger partial charge in [0.2, 0.25) is 0 Å². The van der Waals surface area contributed by atoms with Gasteiger partial charge in [-0.25, -0.2) is 0 Å². The van der Waals surface area contributed by atoms with Crippen LogP contribution < -0.4 is 5.32 Å². The molecule has 0 amide bonds. The molecular weight excluding hydrogens is 202 g/mol. The summed E-state index contributed by atoms with van der Waals surface area (Å²) in [5.41, 5.74) is 0.156. The molecule has 1 fully saturated rings. The van der Waals surface area contributed by atoms with Crippen LogP contribution in [0, 0.1) is 5.41 Å². The Morgan fingerprint density at radius 2 is 1.94 bits per heavy atom. The smallest absolute Gasteiger partial charge is 0.0590 e. The van der Waals surface area contributed by atoms with Crippen molar-refractivity contribution in [3.8, 4) is 0 Å². The number of rotatable bonds is 8. The zero-order valence-corrected chi connectivity index (χ0v) is 10.6. The summed E-state index contributed by atoms with van der Waals surface area (Å²) in [7, 11) is 0. The van der Waals surface area contributed by atoms with Gasteiger partial charge in [-0.15, -0.1) is 0 Å². The van der Waals surface area contributed by atoms with Crippen LogP contribution in [0.25, 0.3) is 0 Å². The minimum absolute atomic E-state index is 0.156. The van der Waals surface area contributed by atoms with Crippen molar-refractivity contribution in [2.45, 2.75) is 45.4 Å². The Labute approximate surface area is 99.6 Å². The van der Waals surface area contributed by atoms with Crippen molar-refractivity contribution in [1.82, 2.24) is 5.32 Å². The van der Waals surface area contributed by atoms with Crippen LogP contribution in [0.5, 0.6) is 0 Å². The second kappa shape index (κ2) is 8.04. The zero-order chi connectivity index (χ0) is 11.7. The third-order valence-electron chi connectivity index (χ3n) is 3.52. The van der Waals surface area contributed by atoms with E-state index in [1.807, 2.05) is 0 Å². The fourth-order valence-electron chi connectivity index (χ4n) is 2.44. The molecule has 1 saturated carbocycles. The van der Waals surface area contributed by atoms with Crippen LogP contribution in [-0.2, 0) is 4.74 Å². The molecule has 0 unspecified atom stereocenters. The normalized spacial score (nSPS) is 19.9. The molecule has 0 saturated heterocycles. The predicted octanol–water partition coefficient (Wildman–Crippen LogP) is 1.95. The summed E-state index contributed by atoms with van der Waals surface area (Å²) in [6.45, 7) is 5.94. The van der Waals surface area contributed by atoms with Gasteiger partial charge in [-0.1, -0.05) is 26.2 Å². The van der Waals surface area contributed by atoms with Crippen LogP contribution in [0.4, 0.5) is 0 Å². The Bertz CT molecular complexity index is 167. The molecule has 2 N–H and O–H groups in total. The first-order valence-corrected chi connectivity index (χ1v) is 6.72. The van der Waals surface area contributed by atoms with Gasteiger partial charge in [0.1, 0.15) is 0 Å². The highest BCUT2D eigenvalue weighted by molar-refractivity contribution is 4.84. The number of hydrogen-bond acceptors (Lipinski definition) is 3. The van der Waals surface area contributed by atoms with Gasteiger partial charge in [-0.05, 0) is 19.3 Å². The summed E-state index contributed by atoms with van der Waals surface area (Å²) in [6.07, 6.45) is 7.31. The van der Waals surface area contributed by atoms with Crippen molar-refractivity contribution >= 4 is 0 Å². The maximum atomic E-state index is 9.51. The van der Waals surface area contributed by atoms with Crippen LogP contribution in [0.2, 0.25) is 0 Å². The first kappa shape index (κ1) is 13.9. The van der Waals surface area contributed by atoms with Crippen molar-refractivity contribution in [3.63, 3.8) is 0 Å². The van der Waals surface area contributed by atoms with E-state index in [1.165, 1.54) is 32.1 Å². The van der Waals surface area contributed by atoms with Gasteiger partial charge >= 0.3 is 0 Å². The number of aliphatic hydroxyl groups is 1. The highest BCUT2D eigenvalue weighted by Gasteiger charge is 2.30. The SMILES string of the molecule is CCCOCCNCC1(CO)CCCCC1. The first-order valence-electron chi connectivity index (χ1n) is 6.72. The minimum Gasteiger partial charge on any atom is -0.396 e. The summed E-state index contributed by atoms with van der Waals surface area (Å²) < 4.78 is 5.41. The largest absolute Gasteiger partial charge is 0.396 e. The van der Waals surface area contributed by atoms with Crippen LogP contribution in [0.15, 0.2) is 0 Å². The van der Waals surface area contributed by atoms with Gasteiger partial charge in [0, 0.05) is 31.7 Å². The third kappa shape index (κ3) is 4.81. The Morgan fingerprint density at radius 1 is 1.19 bits per heavy atom. The molecule has 96 valence electrons. The fraction of sp³-hybridized carbons (Fsp3) is 1.00. The van der Waals surface area contributed by atoms with E-state index in [1.54, 1.807) is 0 Å². The van der Waals surface area contributed by atoms with E-state index in [9.17, 15) is 5.11 Å². The Balaban J connectivity index is 2.08. The summed E-state index contributed by atoms with van der Waals surface area (Å²) in [6, 6.07) is 0. The van der Waals surface area contributed by atoms with Gasteiger partial charge in [0.25, 0.3) is 0 Å². The molecule has 0 radical (unpaired) electrons. The third-order valence-corrected chi connectivity index (χ3v) is 3.52. The lowest BCUT2D eigenvalue weighted by molar-refractivity contribution is 0.0762. The van der Waals surface area contributed by atoms with Crippen molar-refractivity contribution in [3.05, 3.63) is 0 Å². The molecule has 3 nitrogen and oxygen atoms in total. The second-order valence-corrected chi connectivity index (χ2v) is 5.01. The molecular formula is C13H27NO2. The number of hydrogen-bond donors (Lipinski definition) is 2. The number of ether oxygens (including phenoxy) is 1. The molecule has 0 aromatic heterocycles. The monoisotopic (exact) mass is 229 g/mol. The van der Waals surface area contributed by atoms with E-state index in [0.717, 1.165) is 32.7 Å². The molecule has 1 aliphatic rings. The summed E-state index contributed by atoms with van der Waals surface area (Å²) in [4.78, 5) is 0. The molecule has 16 heavy (non-hydrogen) atoms. The summed E-state index contributed by atoms with van der Waals surface area (Å²) in [5.74, 6) is 0. The van der Waals surface area contributed by atoms with E-state index in [4.69, 9.17) is 4.74 Å². The molecule has 0 bridgehead atoms. The van der Waals surface area contributed by atoms with E-state index in [2.05, 4.69) is 12.2 Å². The average molecular weight is 229 g/mol. The van der Waals surface area contributed by atoms with E-state index >= 15 is 0 Å². The second-order valence-electron chi connectivity index (χ2n) is 5.01. The van der Waals surface area contributed by atoms with Crippen molar-refractivity contribution in [2.75, 3.05) is 32.9 Å². The quantitative estimate of drug-likeness (QED) is 0.625. The maximum absolute atomic E-state index is 9.51. The number of nitrogens with one attached hydrogen (secondary N) is 1. The average Bonchev–Trinajstić information content (AvgIpc) is 2.35. The molecule has 0 aromatic carbocycles.